The van der Waals surface area contributed by atoms with Crippen LogP contribution >= 0.6 is 23.1 Å². The number of aryl methyl sites for hydroxylation is 1. The fraction of sp³-hybridized carbons (Fsp3) is 0.222. The van der Waals surface area contributed by atoms with Crippen molar-refractivity contribution in [2.45, 2.75) is 31.3 Å². The van der Waals surface area contributed by atoms with Crippen LogP contribution in [0.25, 0.3) is 22.2 Å². The summed E-state index contributed by atoms with van der Waals surface area (Å²) in [6.45, 7) is 4.94. The Labute approximate surface area is 159 Å². The number of thioether (sulfide) groups is 1. The molecule has 0 aliphatic heterocycles. The summed E-state index contributed by atoms with van der Waals surface area (Å²) in [5, 5.41) is 15.7. The zero-order valence-electron chi connectivity index (χ0n) is 14.4. The lowest BCUT2D eigenvalue weighted by atomic mass is 10.1. The molecule has 0 aliphatic rings. The third-order valence-corrected chi connectivity index (χ3v) is 5.67. The molecule has 8 heteroatoms. The molecular weight excluding hydrogens is 366 g/mol. The lowest BCUT2D eigenvalue weighted by Crippen LogP contribution is -1.99. The van der Waals surface area contributed by atoms with Crippen LogP contribution in [-0.4, -0.2) is 24.9 Å². The van der Waals surface area contributed by atoms with Crippen molar-refractivity contribution < 1.29 is 4.52 Å². The molecule has 0 radical (unpaired) electrons. The molecule has 0 bridgehead atoms. The van der Waals surface area contributed by atoms with Crippen LogP contribution in [0.2, 0.25) is 0 Å². The van der Waals surface area contributed by atoms with Gasteiger partial charge in [-0.15, -0.1) is 21.5 Å². The molecule has 0 saturated heterocycles. The van der Waals surface area contributed by atoms with Crippen molar-refractivity contribution in [1.29, 1.82) is 0 Å². The number of benzene rings is 1. The van der Waals surface area contributed by atoms with Crippen molar-refractivity contribution in [3.8, 4) is 22.2 Å². The number of aromatic nitrogens is 5. The first-order valence-corrected chi connectivity index (χ1v) is 10.1. The zero-order valence-corrected chi connectivity index (χ0v) is 16.0. The fourth-order valence-electron chi connectivity index (χ4n) is 2.61. The van der Waals surface area contributed by atoms with E-state index in [0.29, 0.717) is 17.5 Å². The summed E-state index contributed by atoms with van der Waals surface area (Å²) in [4.78, 5) is 5.61. The van der Waals surface area contributed by atoms with E-state index in [9.17, 15) is 0 Å². The van der Waals surface area contributed by atoms with Gasteiger partial charge in [0.15, 0.2) is 16.8 Å². The highest BCUT2D eigenvalue weighted by molar-refractivity contribution is 7.98. The SMILES string of the molecule is CCn1c(SCc2noc(-c3cccc(C)c3)n2)nnc1-c1cccs1. The van der Waals surface area contributed by atoms with Gasteiger partial charge in [-0.1, -0.05) is 40.7 Å². The lowest BCUT2D eigenvalue weighted by Gasteiger charge is -2.04. The highest BCUT2D eigenvalue weighted by Crippen LogP contribution is 2.28. The number of nitrogens with zero attached hydrogens (tertiary/aromatic N) is 5. The molecule has 1 aromatic carbocycles. The normalized spacial score (nSPS) is 11.2. The number of hydrogen-bond acceptors (Lipinski definition) is 7. The Hall–Kier alpha value is -2.45. The van der Waals surface area contributed by atoms with Gasteiger partial charge in [0.1, 0.15) is 0 Å². The van der Waals surface area contributed by atoms with E-state index >= 15 is 0 Å². The van der Waals surface area contributed by atoms with E-state index in [2.05, 4.69) is 37.9 Å². The molecule has 4 rings (SSSR count). The Morgan fingerprint density at radius 3 is 2.88 bits per heavy atom. The van der Waals surface area contributed by atoms with Crippen LogP contribution in [0.15, 0.2) is 51.5 Å². The Morgan fingerprint density at radius 1 is 1.19 bits per heavy atom. The molecule has 0 N–H and O–H groups in total. The summed E-state index contributed by atoms with van der Waals surface area (Å²) in [5.74, 6) is 2.67. The van der Waals surface area contributed by atoms with Crippen LogP contribution in [0.1, 0.15) is 18.3 Å². The van der Waals surface area contributed by atoms with Gasteiger partial charge >= 0.3 is 0 Å². The summed E-state index contributed by atoms with van der Waals surface area (Å²) in [6.07, 6.45) is 0. The van der Waals surface area contributed by atoms with Crippen molar-refractivity contribution >= 4 is 23.1 Å². The van der Waals surface area contributed by atoms with Gasteiger partial charge in [-0.3, -0.25) is 0 Å². The maximum Gasteiger partial charge on any atom is 0.257 e. The minimum absolute atomic E-state index is 0.542. The Kier molecular flexibility index (Phi) is 4.85. The van der Waals surface area contributed by atoms with Crippen molar-refractivity contribution in [3.05, 3.63) is 53.2 Å². The smallest absolute Gasteiger partial charge is 0.257 e. The Morgan fingerprint density at radius 2 is 2.12 bits per heavy atom. The largest absolute Gasteiger partial charge is 0.334 e. The number of rotatable bonds is 6. The maximum absolute atomic E-state index is 5.40. The van der Waals surface area contributed by atoms with Gasteiger partial charge in [0.05, 0.1) is 10.6 Å². The molecule has 0 fully saturated rings. The van der Waals surface area contributed by atoms with Crippen LogP contribution in [0, 0.1) is 6.92 Å². The van der Waals surface area contributed by atoms with E-state index in [0.717, 1.165) is 33.5 Å². The molecule has 0 aliphatic carbocycles. The molecule has 6 nitrogen and oxygen atoms in total. The summed E-state index contributed by atoms with van der Waals surface area (Å²) in [5.41, 5.74) is 2.10. The molecule has 0 atom stereocenters. The molecule has 0 spiro atoms. The van der Waals surface area contributed by atoms with Crippen molar-refractivity contribution in [2.75, 3.05) is 0 Å². The van der Waals surface area contributed by atoms with Gasteiger partial charge < -0.3 is 9.09 Å². The van der Waals surface area contributed by atoms with E-state index in [1.807, 2.05) is 42.6 Å². The first-order chi connectivity index (χ1) is 12.7. The zero-order chi connectivity index (χ0) is 17.9. The standard InChI is InChI=1S/C18H17N5OS2/c1-3-23-16(14-8-5-9-25-14)20-21-18(23)26-11-15-19-17(24-22-15)13-7-4-6-12(2)10-13/h4-10H,3,11H2,1-2H3. The first-order valence-electron chi connectivity index (χ1n) is 8.24. The summed E-state index contributed by atoms with van der Waals surface area (Å²) < 4.78 is 7.51. The highest BCUT2D eigenvalue weighted by atomic mass is 32.2. The predicted octanol–water partition coefficient (Wildman–Crippen LogP) is 4.68. The van der Waals surface area contributed by atoms with Crippen LogP contribution in [0.3, 0.4) is 0 Å². The van der Waals surface area contributed by atoms with Gasteiger partial charge in [-0.05, 0) is 37.4 Å². The van der Waals surface area contributed by atoms with E-state index in [1.54, 1.807) is 23.1 Å². The molecular formula is C18H17N5OS2. The van der Waals surface area contributed by atoms with Gasteiger partial charge in [0, 0.05) is 12.1 Å². The van der Waals surface area contributed by atoms with Crippen LogP contribution < -0.4 is 0 Å². The molecule has 3 aromatic heterocycles. The molecule has 26 heavy (non-hydrogen) atoms. The second-order valence-corrected chi connectivity index (χ2v) is 7.59. The van der Waals surface area contributed by atoms with E-state index in [-0.39, 0.29) is 0 Å². The third kappa shape index (κ3) is 3.42. The second kappa shape index (κ2) is 7.43. The summed E-state index contributed by atoms with van der Waals surface area (Å²) in [6, 6.07) is 12.1. The van der Waals surface area contributed by atoms with Crippen LogP contribution in [-0.2, 0) is 12.3 Å². The first kappa shape index (κ1) is 17.0. The van der Waals surface area contributed by atoms with Crippen molar-refractivity contribution in [1.82, 2.24) is 24.9 Å². The molecule has 0 amide bonds. The van der Waals surface area contributed by atoms with Crippen molar-refractivity contribution in [3.63, 3.8) is 0 Å². The average molecular weight is 384 g/mol. The molecule has 0 saturated carbocycles. The fourth-order valence-corrected chi connectivity index (χ4v) is 4.17. The van der Waals surface area contributed by atoms with Crippen LogP contribution in [0.4, 0.5) is 0 Å². The number of thiophene rings is 1. The third-order valence-electron chi connectivity index (χ3n) is 3.84. The van der Waals surface area contributed by atoms with E-state index < -0.39 is 0 Å². The minimum Gasteiger partial charge on any atom is -0.334 e. The molecule has 3 heterocycles. The number of hydrogen-bond donors (Lipinski definition) is 0. The Bertz CT molecular complexity index is 1010. The van der Waals surface area contributed by atoms with Gasteiger partial charge in [0.2, 0.25) is 0 Å². The quantitative estimate of drug-likeness (QED) is 0.450. The molecule has 0 unspecified atom stereocenters. The highest BCUT2D eigenvalue weighted by Gasteiger charge is 2.15. The topological polar surface area (TPSA) is 69.6 Å². The maximum atomic E-state index is 5.40. The minimum atomic E-state index is 0.542. The monoisotopic (exact) mass is 383 g/mol. The predicted molar refractivity (Wildman–Crippen MR) is 103 cm³/mol. The lowest BCUT2D eigenvalue weighted by molar-refractivity contribution is 0.425. The average Bonchev–Trinajstić information content (AvgIpc) is 3.39. The van der Waals surface area contributed by atoms with Gasteiger partial charge in [-0.2, -0.15) is 4.98 Å². The second-order valence-electron chi connectivity index (χ2n) is 5.70. The summed E-state index contributed by atoms with van der Waals surface area (Å²) in [7, 11) is 0. The van der Waals surface area contributed by atoms with E-state index in [4.69, 9.17) is 4.52 Å². The van der Waals surface area contributed by atoms with Gasteiger partial charge in [-0.25, -0.2) is 0 Å². The van der Waals surface area contributed by atoms with Crippen LogP contribution in [0.5, 0.6) is 0 Å². The van der Waals surface area contributed by atoms with Gasteiger partial charge in [0.25, 0.3) is 5.89 Å². The van der Waals surface area contributed by atoms with E-state index in [1.165, 1.54) is 0 Å². The summed E-state index contributed by atoms with van der Waals surface area (Å²) >= 11 is 3.23. The molecule has 132 valence electrons. The Balaban J connectivity index is 1.50. The molecule has 4 aromatic rings. The van der Waals surface area contributed by atoms with Crippen molar-refractivity contribution in [2.24, 2.45) is 0 Å².